The maximum absolute atomic E-state index is 15.1. The second kappa shape index (κ2) is 11.5. The van der Waals surface area contributed by atoms with Gasteiger partial charge in [0.1, 0.15) is 18.4 Å². The van der Waals surface area contributed by atoms with E-state index in [1.54, 1.807) is 29.2 Å². The number of hydrogen-bond donors (Lipinski definition) is 2. The van der Waals surface area contributed by atoms with Gasteiger partial charge in [0.25, 0.3) is 5.56 Å². The van der Waals surface area contributed by atoms with Crippen molar-refractivity contribution >= 4 is 40.0 Å². The molecule has 1 aliphatic rings. The molecule has 2 N–H and O–H groups in total. The molecule has 0 atom stereocenters. The summed E-state index contributed by atoms with van der Waals surface area (Å²) < 4.78 is 44.3. The molecule has 206 valence electrons. The van der Waals surface area contributed by atoms with Crippen LogP contribution in [0.2, 0.25) is 0 Å². The Morgan fingerprint density at radius 1 is 1.07 bits per heavy atom. The Hall–Kier alpha value is -4.78. The highest BCUT2D eigenvalue weighted by Gasteiger charge is 2.23. The first kappa shape index (κ1) is 26.8. The summed E-state index contributed by atoms with van der Waals surface area (Å²) in [5, 5.41) is 5.45. The molecular formula is C27H25F3N8O2. The second-order valence-corrected chi connectivity index (χ2v) is 9.00. The predicted octanol–water partition coefficient (Wildman–Crippen LogP) is 3.41. The van der Waals surface area contributed by atoms with Crippen LogP contribution in [0.3, 0.4) is 0 Å². The van der Waals surface area contributed by atoms with Crippen molar-refractivity contribution in [2.24, 2.45) is 0 Å². The molecule has 3 heterocycles. The largest absolute Gasteiger partial charge is 0.367 e. The summed E-state index contributed by atoms with van der Waals surface area (Å²) in [5.41, 5.74) is 0.523. The maximum atomic E-state index is 15.1. The van der Waals surface area contributed by atoms with Gasteiger partial charge in [-0.2, -0.15) is 9.97 Å². The summed E-state index contributed by atoms with van der Waals surface area (Å²) in [6, 6.07) is 9.59. The van der Waals surface area contributed by atoms with E-state index in [0.29, 0.717) is 44.1 Å². The van der Waals surface area contributed by atoms with E-state index in [1.807, 2.05) is 4.90 Å². The molecule has 0 radical (unpaired) electrons. The van der Waals surface area contributed by atoms with Crippen LogP contribution >= 0.6 is 0 Å². The molecule has 10 nitrogen and oxygen atoms in total. The van der Waals surface area contributed by atoms with Gasteiger partial charge in [-0.05, 0) is 36.4 Å². The number of carbonyl (C=O) groups is 1. The SMILES string of the molecule is C=CC(=O)Nc1cccc(-n2cnc(=O)c3cnc(Nc4ccc(N5CCN(CCF)CC5)c(F)c4F)nc32)c1. The van der Waals surface area contributed by atoms with Gasteiger partial charge in [0.05, 0.1) is 17.1 Å². The van der Waals surface area contributed by atoms with Crippen molar-refractivity contribution < 1.29 is 18.0 Å². The van der Waals surface area contributed by atoms with Gasteiger partial charge < -0.3 is 15.5 Å². The Morgan fingerprint density at radius 3 is 2.62 bits per heavy atom. The van der Waals surface area contributed by atoms with Gasteiger partial charge >= 0.3 is 0 Å². The number of hydrogen-bond acceptors (Lipinski definition) is 8. The fourth-order valence-electron chi connectivity index (χ4n) is 4.45. The number of carbonyl (C=O) groups excluding carboxylic acids is 1. The molecule has 1 aliphatic heterocycles. The number of piperazine rings is 1. The lowest BCUT2D eigenvalue weighted by molar-refractivity contribution is -0.111. The third kappa shape index (κ3) is 5.50. The van der Waals surface area contributed by atoms with Gasteiger partial charge in [0.15, 0.2) is 17.3 Å². The monoisotopic (exact) mass is 550 g/mol. The minimum absolute atomic E-state index is 0.0751. The minimum atomic E-state index is -1.11. The van der Waals surface area contributed by atoms with Crippen LogP contribution in [-0.4, -0.2) is 69.7 Å². The molecule has 1 fully saturated rings. The molecule has 5 rings (SSSR count). The van der Waals surface area contributed by atoms with E-state index in [-0.39, 0.29) is 28.4 Å². The lowest BCUT2D eigenvalue weighted by Crippen LogP contribution is -2.47. The summed E-state index contributed by atoms with van der Waals surface area (Å²) in [7, 11) is 0. The van der Waals surface area contributed by atoms with Crippen LogP contribution in [0.4, 0.5) is 36.2 Å². The quantitative estimate of drug-likeness (QED) is 0.322. The standard InChI is InChI=1S/C27H25F3N8O2/c1-2-22(39)33-17-4-3-5-18(14-17)38-16-32-26(40)19-15-31-27(35-25(19)38)34-20-6-7-21(24(30)23(20)29)37-12-10-36(9-8-28)11-13-37/h2-7,14-16H,1,8-13H2,(H,33,39)(H,31,34,35). The summed E-state index contributed by atoms with van der Waals surface area (Å²) in [6.45, 7) is 5.29. The Kier molecular flexibility index (Phi) is 7.73. The Bertz CT molecular complexity index is 1640. The van der Waals surface area contributed by atoms with Gasteiger partial charge in [0.2, 0.25) is 11.9 Å². The van der Waals surface area contributed by atoms with Crippen LogP contribution in [0.15, 0.2) is 66.4 Å². The van der Waals surface area contributed by atoms with Crippen LogP contribution in [0.1, 0.15) is 0 Å². The van der Waals surface area contributed by atoms with Crippen LogP contribution < -0.4 is 21.1 Å². The Balaban J connectivity index is 1.44. The van der Waals surface area contributed by atoms with Crippen LogP contribution in [0.25, 0.3) is 16.7 Å². The molecule has 0 spiro atoms. The van der Waals surface area contributed by atoms with Crippen LogP contribution in [0.5, 0.6) is 0 Å². The highest BCUT2D eigenvalue weighted by molar-refractivity contribution is 5.99. The molecule has 2 aromatic carbocycles. The van der Waals surface area contributed by atoms with E-state index < -0.39 is 29.8 Å². The zero-order valence-corrected chi connectivity index (χ0v) is 21.3. The van der Waals surface area contributed by atoms with Gasteiger partial charge in [-0.1, -0.05) is 12.6 Å². The first-order chi connectivity index (χ1) is 19.4. The number of aromatic nitrogens is 4. The second-order valence-electron chi connectivity index (χ2n) is 9.00. The number of fused-ring (bicyclic) bond motifs is 1. The fourth-order valence-corrected chi connectivity index (χ4v) is 4.45. The molecule has 0 aliphatic carbocycles. The van der Waals surface area contributed by atoms with E-state index in [1.165, 1.54) is 29.2 Å². The fraction of sp³-hybridized carbons (Fsp3) is 0.222. The molecule has 0 bridgehead atoms. The van der Waals surface area contributed by atoms with Crippen molar-refractivity contribution in [1.82, 2.24) is 24.4 Å². The van der Waals surface area contributed by atoms with Crippen molar-refractivity contribution in [2.75, 3.05) is 54.9 Å². The average molecular weight is 551 g/mol. The molecule has 0 saturated carbocycles. The molecule has 0 unspecified atom stereocenters. The first-order valence-electron chi connectivity index (χ1n) is 12.4. The van der Waals surface area contributed by atoms with E-state index in [2.05, 4.69) is 32.2 Å². The molecule has 40 heavy (non-hydrogen) atoms. The number of nitrogens with one attached hydrogen (secondary N) is 2. The van der Waals surface area contributed by atoms with Gasteiger partial charge in [-0.3, -0.25) is 19.1 Å². The maximum Gasteiger partial charge on any atom is 0.283 e. The number of anilines is 4. The van der Waals surface area contributed by atoms with E-state index in [4.69, 9.17) is 0 Å². The zero-order valence-electron chi connectivity index (χ0n) is 21.3. The lowest BCUT2D eigenvalue weighted by Gasteiger charge is -2.35. The first-order valence-corrected chi connectivity index (χ1v) is 12.4. The summed E-state index contributed by atoms with van der Waals surface area (Å²) in [4.78, 5) is 40.1. The van der Waals surface area contributed by atoms with Crippen LogP contribution in [-0.2, 0) is 4.79 Å². The highest BCUT2D eigenvalue weighted by atomic mass is 19.2. The number of halogens is 3. The zero-order chi connectivity index (χ0) is 28.2. The third-order valence-electron chi connectivity index (χ3n) is 6.52. The van der Waals surface area contributed by atoms with Crippen molar-refractivity contribution in [3.05, 3.63) is 83.6 Å². The lowest BCUT2D eigenvalue weighted by atomic mass is 10.2. The van der Waals surface area contributed by atoms with Gasteiger partial charge in [-0.15, -0.1) is 0 Å². The molecular weight excluding hydrogens is 525 g/mol. The highest BCUT2D eigenvalue weighted by Crippen LogP contribution is 2.29. The van der Waals surface area contributed by atoms with Crippen molar-refractivity contribution in [3.8, 4) is 5.69 Å². The number of benzene rings is 2. The minimum Gasteiger partial charge on any atom is -0.367 e. The number of rotatable bonds is 8. The number of nitrogens with zero attached hydrogens (tertiary/aromatic N) is 6. The van der Waals surface area contributed by atoms with E-state index >= 15 is 8.78 Å². The number of alkyl halides is 1. The predicted molar refractivity (Wildman–Crippen MR) is 146 cm³/mol. The third-order valence-corrected chi connectivity index (χ3v) is 6.52. The van der Waals surface area contributed by atoms with Crippen molar-refractivity contribution in [3.63, 3.8) is 0 Å². The summed E-state index contributed by atoms with van der Waals surface area (Å²) in [6.07, 6.45) is 3.66. The molecule has 2 aromatic heterocycles. The molecule has 1 amide bonds. The summed E-state index contributed by atoms with van der Waals surface area (Å²) >= 11 is 0. The van der Waals surface area contributed by atoms with Crippen molar-refractivity contribution in [2.45, 2.75) is 0 Å². The normalized spacial score (nSPS) is 13.8. The van der Waals surface area contributed by atoms with Crippen LogP contribution in [0, 0.1) is 11.6 Å². The smallest absolute Gasteiger partial charge is 0.283 e. The molecule has 13 heteroatoms. The Labute approximate surface area is 226 Å². The van der Waals surface area contributed by atoms with Crippen molar-refractivity contribution in [1.29, 1.82) is 0 Å². The summed E-state index contributed by atoms with van der Waals surface area (Å²) in [5.74, 6) is -2.60. The average Bonchev–Trinajstić information content (AvgIpc) is 2.96. The Morgan fingerprint density at radius 2 is 1.88 bits per heavy atom. The molecule has 1 saturated heterocycles. The van der Waals surface area contributed by atoms with E-state index in [9.17, 15) is 14.0 Å². The van der Waals surface area contributed by atoms with Gasteiger partial charge in [-0.25, -0.2) is 18.2 Å². The molecule has 4 aromatic rings. The van der Waals surface area contributed by atoms with Gasteiger partial charge in [0, 0.05) is 44.6 Å². The topological polar surface area (TPSA) is 108 Å². The number of amides is 1. The van der Waals surface area contributed by atoms with E-state index in [0.717, 1.165) is 6.08 Å².